The number of ether oxygens (including phenoxy) is 3. The molecule has 12 nitrogen and oxygen atoms in total. The predicted molar refractivity (Wildman–Crippen MR) is 161 cm³/mol. The number of esters is 1. The third-order valence-electron chi connectivity index (χ3n) is 6.18. The molecule has 42 heavy (non-hydrogen) atoms. The monoisotopic (exact) mass is 602 g/mol. The van der Waals surface area contributed by atoms with E-state index in [0.29, 0.717) is 49.1 Å². The molecule has 0 aliphatic carbocycles. The number of nitrogens with zero attached hydrogens (tertiary/aromatic N) is 3. The van der Waals surface area contributed by atoms with Crippen molar-refractivity contribution < 1.29 is 28.6 Å². The Morgan fingerprint density at radius 2 is 1.88 bits per heavy atom. The van der Waals surface area contributed by atoms with Crippen LogP contribution in [0.5, 0.6) is 5.88 Å². The number of hydrogen-bond acceptors (Lipinski definition) is 11. The molecule has 2 heterocycles. The van der Waals surface area contributed by atoms with Crippen molar-refractivity contribution in [3.8, 4) is 5.88 Å². The molecule has 2 aromatic rings. The van der Waals surface area contributed by atoms with Gasteiger partial charge in [0.05, 0.1) is 18.8 Å². The number of morpholine rings is 1. The molecule has 0 bridgehead atoms. The molecule has 1 atom stereocenters. The zero-order chi connectivity index (χ0) is 30.7. The van der Waals surface area contributed by atoms with Crippen molar-refractivity contribution >= 4 is 35.7 Å². The van der Waals surface area contributed by atoms with Gasteiger partial charge in [0.15, 0.2) is 0 Å². The average Bonchev–Trinajstić information content (AvgIpc) is 2.87. The van der Waals surface area contributed by atoms with E-state index in [1.165, 1.54) is 17.8 Å². The number of carbonyl (C=O) groups is 3. The van der Waals surface area contributed by atoms with Crippen LogP contribution in [0.15, 0.2) is 29.3 Å². The number of benzene rings is 1. The SMILES string of the molecule is Cc1ccc(C(=O)Oc2cc(SCCC(=O)N[C@@H](CCNC(=O)OC(C)(C)C)CN3CCOCC3)nc(N)n2)c(C)c1. The van der Waals surface area contributed by atoms with Crippen molar-refractivity contribution in [2.45, 2.75) is 64.1 Å². The molecule has 230 valence electrons. The molecular weight excluding hydrogens is 560 g/mol. The van der Waals surface area contributed by atoms with Crippen LogP contribution in [0.1, 0.15) is 55.1 Å². The highest BCUT2D eigenvalue weighted by Gasteiger charge is 2.21. The summed E-state index contributed by atoms with van der Waals surface area (Å²) >= 11 is 1.31. The van der Waals surface area contributed by atoms with Crippen LogP contribution < -0.4 is 21.1 Å². The first-order valence-electron chi connectivity index (χ1n) is 14.0. The van der Waals surface area contributed by atoms with Gasteiger partial charge in [-0.1, -0.05) is 17.7 Å². The van der Waals surface area contributed by atoms with Crippen molar-refractivity contribution in [2.75, 3.05) is 50.9 Å². The largest absolute Gasteiger partial charge is 0.444 e. The Bertz CT molecular complexity index is 1230. The zero-order valence-electron chi connectivity index (χ0n) is 25.0. The van der Waals surface area contributed by atoms with Gasteiger partial charge < -0.3 is 30.6 Å². The minimum Gasteiger partial charge on any atom is -0.444 e. The van der Waals surface area contributed by atoms with Crippen LogP contribution in [-0.4, -0.2) is 89.6 Å². The van der Waals surface area contributed by atoms with E-state index in [1.54, 1.807) is 6.07 Å². The van der Waals surface area contributed by atoms with E-state index < -0.39 is 17.7 Å². The van der Waals surface area contributed by atoms with Gasteiger partial charge in [-0.05, 0) is 52.7 Å². The molecule has 2 amide bonds. The minimum absolute atomic E-state index is 0.0315. The normalized spacial score (nSPS) is 14.6. The molecule has 13 heteroatoms. The highest BCUT2D eigenvalue weighted by molar-refractivity contribution is 7.99. The summed E-state index contributed by atoms with van der Waals surface area (Å²) in [6.07, 6.45) is 0.289. The van der Waals surface area contributed by atoms with E-state index in [0.717, 1.165) is 24.2 Å². The fraction of sp³-hybridized carbons (Fsp3) is 0.552. The number of carbonyl (C=O) groups excluding carboxylic acids is 3. The van der Waals surface area contributed by atoms with Gasteiger partial charge in [-0.3, -0.25) is 9.69 Å². The van der Waals surface area contributed by atoms with Gasteiger partial charge in [0.2, 0.25) is 17.7 Å². The van der Waals surface area contributed by atoms with Crippen molar-refractivity contribution in [1.29, 1.82) is 0 Å². The van der Waals surface area contributed by atoms with Crippen molar-refractivity contribution in [1.82, 2.24) is 25.5 Å². The maximum atomic E-state index is 12.9. The van der Waals surface area contributed by atoms with E-state index in [2.05, 4.69) is 25.5 Å². The summed E-state index contributed by atoms with van der Waals surface area (Å²) in [5.74, 6) is -0.221. The first-order chi connectivity index (χ1) is 19.9. The molecule has 3 rings (SSSR count). The lowest BCUT2D eigenvalue weighted by Gasteiger charge is -2.31. The lowest BCUT2D eigenvalue weighted by Crippen LogP contribution is -2.48. The van der Waals surface area contributed by atoms with Crippen LogP contribution >= 0.6 is 11.8 Å². The van der Waals surface area contributed by atoms with E-state index in [4.69, 9.17) is 19.9 Å². The van der Waals surface area contributed by atoms with E-state index in [1.807, 2.05) is 46.8 Å². The first-order valence-corrected chi connectivity index (χ1v) is 15.0. The Hall–Kier alpha value is -3.42. The van der Waals surface area contributed by atoms with Crippen molar-refractivity contribution in [3.63, 3.8) is 0 Å². The van der Waals surface area contributed by atoms with Crippen LogP contribution in [0.3, 0.4) is 0 Å². The second-order valence-electron chi connectivity index (χ2n) is 11.1. The lowest BCUT2D eigenvalue weighted by molar-refractivity contribution is -0.121. The lowest BCUT2D eigenvalue weighted by atomic mass is 10.1. The van der Waals surface area contributed by atoms with Gasteiger partial charge in [-0.2, -0.15) is 4.98 Å². The summed E-state index contributed by atoms with van der Waals surface area (Å²) in [4.78, 5) is 48.0. The Morgan fingerprint density at radius 3 is 2.57 bits per heavy atom. The van der Waals surface area contributed by atoms with Crippen LogP contribution in [0.25, 0.3) is 0 Å². The summed E-state index contributed by atoms with van der Waals surface area (Å²) in [7, 11) is 0. The van der Waals surface area contributed by atoms with Gasteiger partial charge in [0, 0.05) is 50.5 Å². The number of alkyl carbamates (subject to hydrolysis) is 1. The van der Waals surface area contributed by atoms with Crippen LogP contribution in [0, 0.1) is 13.8 Å². The number of amides is 2. The second-order valence-corrected chi connectivity index (χ2v) is 12.2. The number of nitrogens with one attached hydrogen (secondary N) is 2. The highest BCUT2D eigenvalue weighted by atomic mass is 32.2. The van der Waals surface area contributed by atoms with Gasteiger partial charge >= 0.3 is 12.1 Å². The van der Waals surface area contributed by atoms with E-state index in [9.17, 15) is 14.4 Å². The Labute approximate surface area is 251 Å². The third kappa shape index (κ3) is 11.8. The number of rotatable bonds is 12. The van der Waals surface area contributed by atoms with Crippen LogP contribution in [0.4, 0.5) is 10.7 Å². The number of aryl methyl sites for hydroxylation is 2. The second kappa shape index (κ2) is 15.7. The van der Waals surface area contributed by atoms with Crippen LogP contribution in [-0.2, 0) is 14.3 Å². The summed E-state index contributed by atoms with van der Waals surface area (Å²) in [5.41, 5.74) is 7.56. The number of anilines is 1. The molecule has 1 fully saturated rings. The first kappa shape index (κ1) is 33.1. The third-order valence-corrected chi connectivity index (χ3v) is 7.10. The molecule has 0 radical (unpaired) electrons. The Kier molecular flexibility index (Phi) is 12.4. The number of thioether (sulfide) groups is 1. The standard InChI is InChI=1S/C29H42N6O6S/c1-19-6-7-22(20(2)16-19)26(37)40-24-17-25(34-27(30)33-24)42-15-9-23(36)32-21(18-35-11-13-39-14-12-35)8-10-31-28(38)41-29(3,4)5/h6-7,16-17,21H,8-15,18H2,1-5H3,(H,31,38)(H,32,36)(H2,30,33,34)/t21-/m0/s1. The number of nitrogens with two attached hydrogens (primary N) is 1. The molecule has 0 unspecified atom stereocenters. The average molecular weight is 603 g/mol. The minimum atomic E-state index is -0.583. The maximum Gasteiger partial charge on any atom is 0.407 e. The molecule has 0 saturated carbocycles. The van der Waals surface area contributed by atoms with E-state index >= 15 is 0 Å². The summed E-state index contributed by atoms with van der Waals surface area (Å²) in [6.45, 7) is 13.1. The molecule has 1 aromatic carbocycles. The van der Waals surface area contributed by atoms with Gasteiger partial charge in [0.25, 0.3) is 0 Å². The molecule has 0 spiro atoms. The maximum absolute atomic E-state index is 12.9. The summed E-state index contributed by atoms with van der Waals surface area (Å²) in [5, 5.41) is 6.35. The summed E-state index contributed by atoms with van der Waals surface area (Å²) in [6, 6.07) is 6.82. The number of nitrogen functional groups attached to an aromatic ring is 1. The highest BCUT2D eigenvalue weighted by Crippen LogP contribution is 2.23. The fourth-order valence-corrected chi connectivity index (χ4v) is 5.09. The van der Waals surface area contributed by atoms with Gasteiger partial charge in [0.1, 0.15) is 10.6 Å². The molecule has 1 saturated heterocycles. The Morgan fingerprint density at radius 1 is 1.14 bits per heavy atom. The van der Waals surface area contributed by atoms with E-state index in [-0.39, 0.29) is 30.2 Å². The topological polar surface area (TPSA) is 158 Å². The summed E-state index contributed by atoms with van der Waals surface area (Å²) < 4.78 is 16.2. The molecular formula is C29H42N6O6S. The van der Waals surface area contributed by atoms with Crippen LogP contribution in [0.2, 0.25) is 0 Å². The predicted octanol–water partition coefficient (Wildman–Crippen LogP) is 3.11. The van der Waals surface area contributed by atoms with Crippen molar-refractivity contribution in [3.05, 3.63) is 41.0 Å². The Balaban J connectivity index is 1.51. The van der Waals surface area contributed by atoms with Crippen molar-refractivity contribution in [2.24, 2.45) is 0 Å². The number of aromatic nitrogens is 2. The quantitative estimate of drug-likeness (QED) is 0.186. The smallest absolute Gasteiger partial charge is 0.407 e. The number of hydrogen-bond donors (Lipinski definition) is 3. The molecule has 4 N–H and O–H groups in total. The molecule has 1 aliphatic heterocycles. The zero-order valence-corrected chi connectivity index (χ0v) is 25.8. The molecule has 1 aromatic heterocycles. The molecule has 1 aliphatic rings. The van der Waals surface area contributed by atoms with Gasteiger partial charge in [-0.15, -0.1) is 11.8 Å². The fourth-order valence-electron chi connectivity index (χ4n) is 4.26. The van der Waals surface area contributed by atoms with Gasteiger partial charge in [-0.25, -0.2) is 14.6 Å².